The summed E-state index contributed by atoms with van der Waals surface area (Å²) in [5, 5.41) is 3.10. The number of ether oxygens (including phenoxy) is 1. The summed E-state index contributed by atoms with van der Waals surface area (Å²) in [7, 11) is 0. The van der Waals surface area contributed by atoms with Crippen molar-refractivity contribution in [2.45, 2.75) is 12.8 Å². The first-order valence-electron chi connectivity index (χ1n) is 9.24. The molecular weight excluding hydrogens is 328 g/mol. The summed E-state index contributed by atoms with van der Waals surface area (Å²) in [4.78, 5) is 21.4. The molecule has 2 saturated heterocycles. The summed E-state index contributed by atoms with van der Waals surface area (Å²) in [6.45, 7) is 5.30. The van der Waals surface area contributed by atoms with Crippen LogP contribution in [0.2, 0.25) is 0 Å². The molecule has 0 saturated carbocycles. The molecule has 0 aliphatic carbocycles. The Labute approximate surface area is 153 Å². The SMILES string of the molecule is O=C(Nc1cc(N2CCOCC2)ccc1N1CCCC1)c1cccnc1. The number of anilines is 3. The molecule has 26 heavy (non-hydrogen) atoms. The Morgan fingerprint density at radius 3 is 2.58 bits per heavy atom. The second-order valence-corrected chi connectivity index (χ2v) is 6.69. The van der Waals surface area contributed by atoms with Crippen LogP contribution in [0.25, 0.3) is 0 Å². The maximum Gasteiger partial charge on any atom is 0.257 e. The zero-order valence-electron chi connectivity index (χ0n) is 14.9. The molecule has 3 heterocycles. The highest BCUT2D eigenvalue weighted by atomic mass is 16.5. The first kappa shape index (κ1) is 16.8. The molecule has 2 aliphatic heterocycles. The van der Waals surface area contributed by atoms with Crippen LogP contribution in [0, 0.1) is 0 Å². The lowest BCUT2D eigenvalue weighted by Crippen LogP contribution is -2.36. The monoisotopic (exact) mass is 352 g/mol. The van der Waals surface area contributed by atoms with Gasteiger partial charge in [0.05, 0.1) is 30.2 Å². The fraction of sp³-hybridized carbons (Fsp3) is 0.400. The third-order valence-corrected chi connectivity index (χ3v) is 4.98. The number of aromatic nitrogens is 1. The maximum atomic E-state index is 12.7. The van der Waals surface area contributed by atoms with Crippen LogP contribution < -0.4 is 15.1 Å². The summed E-state index contributed by atoms with van der Waals surface area (Å²) in [6, 6.07) is 9.94. The van der Waals surface area contributed by atoms with Crippen molar-refractivity contribution in [3.8, 4) is 0 Å². The number of hydrogen-bond donors (Lipinski definition) is 1. The van der Waals surface area contributed by atoms with Gasteiger partial charge in [0, 0.05) is 44.3 Å². The summed E-state index contributed by atoms with van der Waals surface area (Å²) in [5.41, 5.74) is 3.65. The third kappa shape index (κ3) is 3.65. The van der Waals surface area contributed by atoms with Crippen LogP contribution >= 0.6 is 0 Å². The van der Waals surface area contributed by atoms with Crippen LogP contribution in [0.15, 0.2) is 42.7 Å². The van der Waals surface area contributed by atoms with E-state index < -0.39 is 0 Å². The minimum atomic E-state index is -0.127. The van der Waals surface area contributed by atoms with Gasteiger partial charge in [0.15, 0.2) is 0 Å². The molecule has 2 aromatic rings. The number of morpholine rings is 1. The Kier molecular flexibility index (Phi) is 5.02. The van der Waals surface area contributed by atoms with Gasteiger partial charge in [-0.15, -0.1) is 0 Å². The van der Waals surface area contributed by atoms with E-state index in [1.54, 1.807) is 24.5 Å². The number of carbonyl (C=O) groups excluding carboxylic acids is 1. The fourth-order valence-corrected chi connectivity index (χ4v) is 3.57. The van der Waals surface area contributed by atoms with Gasteiger partial charge >= 0.3 is 0 Å². The van der Waals surface area contributed by atoms with E-state index in [-0.39, 0.29) is 5.91 Å². The van der Waals surface area contributed by atoms with E-state index >= 15 is 0 Å². The van der Waals surface area contributed by atoms with Crippen LogP contribution in [0.3, 0.4) is 0 Å². The lowest BCUT2D eigenvalue weighted by Gasteiger charge is -2.30. The number of nitrogens with one attached hydrogen (secondary N) is 1. The molecule has 1 aromatic heterocycles. The van der Waals surface area contributed by atoms with Crippen LogP contribution in [-0.4, -0.2) is 50.3 Å². The van der Waals surface area contributed by atoms with Crippen molar-refractivity contribution in [3.05, 3.63) is 48.3 Å². The van der Waals surface area contributed by atoms with Gasteiger partial charge < -0.3 is 19.9 Å². The molecule has 1 aromatic carbocycles. The zero-order valence-corrected chi connectivity index (χ0v) is 14.9. The van der Waals surface area contributed by atoms with Crippen molar-refractivity contribution in [2.75, 3.05) is 54.5 Å². The average Bonchev–Trinajstić information content (AvgIpc) is 3.24. The molecule has 0 bridgehead atoms. The normalized spacial score (nSPS) is 17.4. The topological polar surface area (TPSA) is 57.7 Å². The minimum absolute atomic E-state index is 0.127. The van der Waals surface area contributed by atoms with E-state index in [1.807, 2.05) is 0 Å². The van der Waals surface area contributed by atoms with Crippen molar-refractivity contribution >= 4 is 23.0 Å². The van der Waals surface area contributed by atoms with Crippen molar-refractivity contribution < 1.29 is 9.53 Å². The average molecular weight is 352 g/mol. The highest BCUT2D eigenvalue weighted by molar-refractivity contribution is 6.06. The number of hydrogen-bond acceptors (Lipinski definition) is 5. The smallest absolute Gasteiger partial charge is 0.257 e. The van der Waals surface area contributed by atoms with E-state index in [9.17, 15) is 4.79 Å². The Morgan fingerprint density at radius 1 is 1.04 bits per heavy atom. The predicted octanol–water partition coefficient (Wildman–Crippen LogP) is 2.77. The fourth-order valence-electron chi connectivity index (χ4n) is 3.57. The van der Waals surface area contributed by atoms with Crippen molar-refractivity contribution in [1.82, 2.24) is 4.98 Å². The molecule has 2 aliphatic rings. The van der Waals surface area contributed by atoms with Gasteiger partial charge in [-0.3, -0.25) is 9.78 Å². The molecule has 0 unspecified atom stereocenters. The van der Waals surface area contributed by atoms with Gasteiger partial charge in [-0.05, 0) is 43.2 Å². The van der Waals surface area contributed by atoms with Gasteiger partial charge in [-0.1, -0.05) is 0 Å². The molecular formula is C20H24N4O2. The quantitative estimate of drug-likeness (QED) is 0.917. The molecule has 6 nitrogen and oxygen atoms in total. The summed E-state index contributed by atoms with van der Waals surface area (Å²) >= 11 is 0. The van der Waals surface area contributed by atoms with Crippen LogP contribution in [0.4, 0.5) is 17.1 Å². The van der Waals surface area contributed by atoms with Gasteiger partial charge in [0.1, 0.15) is 0 Å². The van der Waals surface area contributed by atoms with E-state index in [2.05, 4.69) is 38.3 Å². The van der Waals surface area contributed by atoms with Gasteiger partial charge in [-0.25, -0.2) is 0 Å². The number of amides is 1. The first-order chi connectivity index (χ1) is 12.8. The Morgan fingerprint density at radius 2 is 1.85 bits per heavy atom. The molecule has 1 N–H and O–H groups in total. The number of nitrogens with zero attached hydrogens (tertiary/aromatic N) is 3. The Balaban J connectivity index is 1.63. The van der Waals surface area contributed by atoms with Gasteiger partial charge in [0.25, 0.3) is 5.91 Å². The predicted molar refractivity (Wildman–Crippen MR) is 103 cm³/mol. The highest BCUT2D eigenvalue weighted by Crippen LogP contribution is 2.33. The van der Waals surface area contributed by atoms with Gasteiger partial charge in [-0.2, -0.15) is 0 Å². The Hall–Kier alpha value is -2.60. The molecule has 4 rings (SSSR count). The van der Waals surface area contributed by atoms with Gasteiger partial charge in [0.2, 0.25) is 0 Å². The van der Waals surface area contributed by atoms with Crippen molar-refractivity contribution in [2.24, 2.45) is 0 Å². The van der Waals surface area contributed by atoms with E-state index in [0.29, 0.717) is 5.56 Å². The summed E-state index contributed by atoms with van der Waals surface area (Å²) in [6.07, 6.45) is 5.66. The number of benzene rings is 1. The lowest BCUT2D eigenvalue weighted by molar-refractivity contribution is 0.102. The third-order valence-electron chi connectivity index (χ3n) is 4.98. The first-order valence-corrected chi connectivity index (χ1v) is 9.24. The molecule has 1 amide bonds. The van der Waals surface area contributed by atoms with Crippen LogP contribution in [0.1, 0.15) is 23.2 Å². The van der Waals surface area contributed by atoms with Crippen molar-refractivity contribution in [3.63, 3.8) is 0 Å². The molecule has 0 radical (unpaired) electrons. The van der Waals surface area contributed by atoms with Crippen molar-refractivity contribution in [1.29, 1.82) is 0 Å². The largest absolute Gasteiger partial charge is 0.378 e. The van der Waals surface area contributed by atoms with E-state index in [0.717, 1.165) is 56.5 Å². The standard InChI is InChI=1S/C20H24N4O2/c25-20(16-4-3-7-21-15-16)22-18-14-17(23-10-12-26-13-11-23)5-6-19(18)24-8-1-2-9-24/h3-7,14-15H,1-2,8-13H2,(H,22,25). The minimum Gasteiger partial charge on any atom is -0.378 e. The summed E-state index contributed by atoms with van der Waals surface area (Å²) < 4.78 is 5.45. The second kappa shape index (κ2) is 7.74. The van der Waals surface area contributed by atoms with E-state index in [1.165, 1.54) is 12.8 Å². The van der Waals surface area contributed by atoms with Crippen LogP contribution in [-0.2, 0) is 4.74 Å². The maximum absolute atomic E-state index is 12.7. The number of carbonyl (C=O) groups is 1. The molecule has 2 fully saturated rings. The highest BCUT2D eigenvalue weighted by Gasteiger charge is 2.20. The second-order valence-electron chi connectivity index (χ2n) is 6.69. The molecule has 0 atom stereocenters. The van der Waals surface area contributed by atoms with Crippen LogP contribution in [0.5, 0.6) is 0 Å². The summed E-state index contributed by atoms with van der Waals surface area (Å²) in [5.74, 6) is -0.127. The molecule has 0 spiro atoms. The molecule has 6 heteroatoms. The number of rotatable bonds is 4. The number of pyridine rings is 1. The Bertz CT molecular complexity index is 754. The molecule has 136 valence electrons. The zero-order chi connectivity index (χ0) is 17.8. The van der Waals surface area contributed by atoms with E-state index in [4.69, 9.17) is 4.74 Å². The lowest BCUT2D eigenvalue weighted by atomic mass is 10.1.